The number of fused-ring (bicyclic) bond motifs is 1. The highest BCUT2D eigenvalue weighted by Crippen LogP contribution is 2.41. The quantitative estimate of drug-likeness (QED) is 0.621. The molecule has 142 valence electrons. The standard InChI is InChI=1S/C20H27N7/c1-20(2)9-14(10-20)24-17-15-11-23-27(3)18(15)26-19(25-17)22-12-16(21)13-7-5-4-6-8-13/h4-8,11,14,16H,9-10,12,21H2,1-3H3,(H2,22,24,25,26). The number of anilines is 2. The molecule has 1 aliphatic rings. The molecule has 27 heavy (non-hydrogen) atoms. The molecule has 1 atom stereocenters. The lowest BCUT2D eigenvalue weighted by Gasteiger charge is -2.43. The van der Waals surface area contributed by atoms with E-state index in [1.165, 1.54) is 0 Å². The van der Waals surface area contributed by atoms with Crippen molar-refractivity contribution in [2.75, 3.05) is 17.2 Å². The molecule has 1 aromatic carbocycles. The van der Waals surface area contributed by atoms with Gasteiger partial charge in [-0.1, -0.05) is 44.2 Å². The lowest BCUT2D eigenvalue weighted by molar-refractivity contribution is 0.167. The molecule has 1 fully saturated rings. The number of hydrogen-bond donors (Lipinski definition) is 3. The predicted octanol–water partition coefficient (Wildman–Crippen LogP) is 3.08. The molecule has 0 radical (unpaired) electrons. The monoisotopic (exact) mass is 365 g/mol. The van der Waals surface area contributed by atoms with Crippen molar-refractivity contribution in [3.63, 3.8) is 0 Å². The summed E-state index contributed by atoms with van der Waals surface area (Å²) in [5.41, 5.74) is 8.59. The maximum absolute atomic E-state index is 6.29. The van der Waals surface area contributed by atoms with Gasteiger partial charge in [0.05, 0.1) is 11.6 Å². The van der Waals surface area contributed by atoms with Gasteiger partial charge in [0.2, 0.25) is 5.95 Å². The zero-order valence-electron chi connectivity index (χ0n) is 16.1. The van der Waals surface area contributed by atoms with Crippen LogP contribution < -0.4 is 16.4 Å². The van der Waals surface area contributed by atoms with E-state index in [4.69, 9.17) is 10.7 Å². The summed E-state index contributed by atoms with van der Waals surface area (Å²) in [7, 11) is 1.89. The Hall–Kier alpha value is -2.67. The van der Waals surface area contributed by atoms with Crippen LogP contribution in [0.15, 0.2) is 36.5 Å². The molecule has 3 aromatic rings. The number of aryl methyl sites for hydroxylation is 1. The fourth-order valence-corrected chi connectivity index (χ4v) is 3.80. The van der Waals surface area contributed by atoms with Gasteiger partial charge in [0.1, 0.15) is 5.82 Å². The highest BCUT2D eigenvalue weighted by atomic mass is 15.3. The van der Waals surface area contributed by atoms with Crippen LogP contribution in [0.3, 0.4) is 0 Å². The van der Waals surface area contributed by atoms with E-state index in [1.807, 2.05) is 43.6 Å². The summed E-state index contributed by atoms with van der Waals surface area (Å²) < 4.78 is 1.77. The summed E-state index contributed by atoms with van der Waals surface area (Å²) >= 11 is 0. The van der Waals surface area contributed by atoms with E-state index < -0.39 is 0 Å². The smallest absolute Gasteiger partial charge is 0.226 e. The van der Waals surface area contributed by atoms with Gasteiger partial charge in [-0.25, -0.2) is 0 Å². The van der Waals surface area contributed by atoms with Crippen molar-refractivity contribution in [1.82, 2.24) is 19.7 Å². The van der Waals surface area contributed by atoms with Gasteiger partial charge in [-0.3, -0.25) is 4.68 Å². The third kappa shape index (κ3) is 3.73. The summed E-state index contributed by atoms with van der Waals surface area (Å²) in [6, 6.07) is 10.4. The molecule has 4 N–H and O–H groups in total. The van der Waals surface area contributed by atoms with Gasteiger partial charge in [0.15, 0.2) is 5.65 Å². The van der Waals surface area contributed by atoms with Crippen molar-refractivity contribution < 1.29 is 0 Å². The molecular weight excluding hydrogens is 338 g/mol. The Morgan fingerprint density at radius 2 is 1.96 bits per heavy atom. The average Bonchev–Trinajstić information content (AvgIpc) is 3.00. The lowest BCUT2D eigenvalue weighted by atomic mass is 9.68. The van der Waals surface area contributed by atoms with Crippen LogP contribution in [0.5, 0.6) is 0 Å². The zero-order valence-corrected chi connectivity index (χ0v) is 16.1. The summed E-state index contributed by atoms with van der Waals surface area (Å²) in [6.45, 7) is 5.15. The number of aromatic nitrogens is 4. The van der Waals surface area contributed by atoms with Crippen molar-refractivity contribution in [2.24, 2.45) is 18.2 Å². The fourth-order valence-electron chi connectivity index (χ4n) is 3.80. The molecule has 0 spiro atoms. The zero-order chi connectivity index (χ0) is 19.0. The maximum atomic E-state index is 6.29. The van der Waals surface area contributed by atoms with E-state index in [2.05, 4.69) is 34.6 Å². The Morgan fingerprint density at radius 1 is 1.22 bits per heavy atom. The van der Waals surface area contributed by atoms with Gasteiger partial charge >= 0.3 is 0 Å². The molecule has 2 heterocycles. The molecule has 0 saturated heterocycles. The Bertz CT molecular complexity index is 924. The number of rotatable bonds is 6. The highest BCUT2D eigenvalue weighted by Gasteiger charge is 2.36. The van der Waals surface area contributed by atoms with Crippen LogP contribution in [0, 0.1) is 5.41 Å². The first kappa shape index (κ1) is 17.7. The van der Waals surface area contributed by atoms with Crippen molar-refractivity contribution in [3.8, 4) is 0 Å². The molecule has 7 nitrogen and oxygen atoms in total. The molecule has 2 aromatic heterocycles. The van der Waals surface area contributed by atoms with E-state index >= 15 is 0 Å². The molecule has 1 unspecified atom stereocenters. The molecule has 1 saturated carbocycles. The van der Waals surface area contributed by atoms with Crippen LogP contribution in [-0.4, -0.2) is 32.3 Å². The van der Waals surface area contributed by atoms with Gasteiger partial charge in [0.25, 0.3) is 0 Å². The van der Waals surface area contributed by atoms with E-state index in [0.717, 1.165) is 35.3 Å². The molecule has 4 rings (SSSR count). The third-order valence-corrected chi connectivity index (χ3v) is 5.24. The first-order valence-electron chi connectivity index (χ1n) is 9.42. The number of hydrogen-bond acceptors (Lipinski definition) is 6. The van der Waals surface area contributed by atoms with Crippen molar-refractivity contribution in [1.29, 1.82) is 0 Å². The van der Waals surface area contributed by atoms with Crippen LogP contribution in [-0.2, 0) is 7.05 Å². The van der Waals surface area contributed by atoms with Crippen molar-refractivity contribution >= 4 is 22.8 Å². The molecule has 7 heteroatoms. The first-order valence-corrected chi connectivity index (χ1v) is 9.42. The van der Waals surface area contributed by atoms with Crippen LogP contribution >= 0.6 is 0 Å². The number of nitrogens with two attached hydrogens (primary N) is 1. The molecule has 1 aliphatic carbocycles. The van der Waals surface area contributed by atoms with E-state index in [0.29, 0.717) is 23.9 Å². The third-order valence-electron chi connectivity index (χ3n) is 5.24. The first-order chi connectivity index (χ1) is 12.9. The van der Waals surface area contributed by atoms with Crippen LogP contribution in [0.4, 0.5) is 11.8 Å². The van der Waals surface area contributed by atoms with Gasteiger partial charge < -0.3 is 16.4 Å². The summed E-state index contributed by atoms with van der Waals surface area (Å²) in [5.74, 6) is 1.41. The van der Waals surface area contributed by atoms with Crippen LogP contribution in [0.2, 0.25) is 0 Å². The fraction of sp³-hybridized carbons (Fsp3) is 0.450. The van der Waals surface area contributed by atoms with E-state index in [9.17, 15) is 0 Å². The van der Waals surface area contributed by atoms with Gasteiger partial charge in [0, 0.05) is 25.7 Å². The lowest BCUT2D eigenvalue weighted by Crippen LogP contribution is -2.41. The predicted molar refractivity (Wildman–Crippen MR) is 109 cm³/mol. The summed E-state index contributed by atoms with van der Waals surface area (Å²) in [5, 5.41) is 12.2. The van der Waals surface area contributed by atoms with Crippen LogP contribution in [0.25, 0.3) is 11.0 Å². The van der Waals surface area contributed by atoms with Gasteiger partial charge in [-0.2, -0.15) is 15.1 Å². The average molecular weight is 365 g/mol. The van der Waals surface area contributed by atoms with Gasteiger partial charge in [-0.05, 0) is 23.8 Å². The number of nitrogens with zero attached hydrogens (tertiary/aromatic N) is 4. The SMILES string of the molecule is Cn1ncc2c(NC3CC(C)(C)C3)nc(NCC(N)c3ccccc3)nc21. The van der Waals surface area contributed by atoms with E-state index in [1.54, 1.807) is 4.68 Å². The number of nitrogens with one attached hydrogen (secondary N) is 2. The van der Waals surface area contributed by atoms with Gasteiger partial charge in [-0.15, -0.1) is 0 Å². The minimum atomic E-state index is -0.124. The molecular formula is C20H27N7. The second kappa shape index (κ2) is 6.81. The second-order valence-corrected chi connectivity index (χ2v) is 8.21. The van der Waals surface area contributed by atoms with E-state index in [-0.39, 0.29) is 6.04 Å². The second-order valence-electron chi connectivity index (χ2n) is 8.21. The Balaban J connectivity index is 1.53. The van der Waals surface area contributed by atoms with Crippen molar-refractivity contribution in [2.45, 2.75) is 38.8 Å². The van der Waals surface area contributed by atoms with Crippen LogP contribution in [0.1, 0.15) is 38.3 Å². The normalized spacial score (nSPS) is 17.5. The number of benzene rings is 1. The Morgan fingerprint density at radius 3 is 2.67 bits per heavy atom. The molecule has 0 amide bonds. The highest BCUT2D eigenvalue weighted by molar-refractivity contribution is 5.87. The Kier molecular flexibility index (Phi) is 4.47. The minimum Gasteiger partial charge on any atom is -0.367 e. The Labute approximate surface area is 159 Å². The molecule has 0 bridgehead atoms. The van der Waals surface area contributed by atoms with Crippen molar-refractivity contribution in [3.05, 3.63) is 42.1 Å². The maximum Gasteiger partial charge on any atom is 0.226 e. The summed E-state index contributed by atoms with van der Waals surface area (Å²) in [6.07, 6.45) is 4.10. The molecule has 0 aliphatic heterocycles. The summed E-state index contributed by atoms with van der Waals surface area (Å²) in [4.78, 5) is 9.33. The topological polar surface area (TPSA) is 93.7 Å². The largest absolute Gasteiger partial charge is 0.367 e. The minimum absolute atomic E-state index is 0.124.